The molecule has 4 rings (SSSR count). The third-order valence-corrected chi connectivity index (χ3v) is 7.85. The molecule has 0 atom stereocenters. The van der Waals surface area contributed by atoms with Crippen LogP contribution in [0.25, 0.3) is 10.8 Å². The number of carbonyl (C=O) groups excluding carboxylic acids is 1. The number of hydrogen-bond donors (Lipinski definition) is 1. The first-order valence-corrected chi connectivity index (χ1v) is 12.3. The Bertz CT molecular complexity index is 1170. The average molecular weight is 487 g/mol. The van der Waals surface area contributed by atoms with E-state index in [9.17, 15) is 13.2 Å². The molecule has 1 aliphatic heterocycles. The number of nitrogens with zero attached hydrogens (tertiary/aromatic N) is 1. The molecule has 1 amide bonds. The lowest BCUT2D eigenvalue weighted by Crippen LogP contribution is -2.41. The molecule has 30 heavy (non-hydrogen) atoms. The van der Waals surface area contributed by atoms with Crippen LogP contribution in [-0.2, 0) is 20.6 Å². The monoisotopic (exact) mass is 486 g/mol. The number of carbonyl (C=O) groups is 1. The van der Waals surface area contributed by atoms with Crippen LogP contribution in [0, 0.1) is 5.92 Å². The molecule has 1 heterocycles. The molecule has 0 unspecified atom stereocenters. The highest BCUT2D eigenvalue weighted by molar-refractivity contribution is 9.10. The topological polar surface area (TPSA) is 66.5 Å². The van der Waals surface area contributed by atoms with Gasteiger partial charge in [-0.25, -0.2) is 12.7 Å². The number of anilines is 1. The minimum Gasteiger partial charge on any atom is -0.325 e. The smallest absolute Gasteiger partial charge is 0.227 e. The second kappa shape index (κ2) is 8.88. The maximum Gasteiger partial charge on any atom is 0.227 e. The normalized spacial score (nSPS) is 15.9. The van der Waals surface area contributed by atoms with Crippen LogP contribution in [0.2, 0.25) is 0 Å². The molecule has 3 aromatic carbocycles. The fourth-order valence-electron chi connectivity index (χ4n) is 3.89. The summed E-state index contributed by atoms with van der Waals surface area (Å²) in [6, 6.07) is 21.1. The zero-order valence-electron chi connectivity index (χ0n) is 16.4. The molecule has 0 spiro atoms. The van der Waals surface area contributed by atoms with Gasteiger partial charge >= 0.3 is 0 Å². The molecule has 0 aliphatic carbocycles. The summed E-state index contributed by atoms with van der Waals surface area (Å²) in [6.07, 6.45) is 1.04. The lowest BCUT2D eigenvalue weighted by molar-refractivity contribution is -0.120. The van der Waals surface area contributed by atoms with Gasteiger partial charge in [-0.05, 0) is 42.0 Å². The Morgan fingerprint density at radius 3 is 2.47 bits per heavy atom. The highest BCUT2D eigenvalue weighted by Crippen LogP contribution is 2.27. The summed E-state index contributed by atoms with van der Waals surface area (Å²) in [7, 11) is -3.41. The van der Waals surface area contributed by atoms with E-state index in [0.29, 0.717) is 25.9 Å². The van der Waals surface area contributed by atoms with E-state index in [1.54, 1.807) is 0 Å². The molecule has 5 nitrogen and oxygen atoms in total. The van der Waals surface area contributed by atoms with E-state index in [0.717, 1.165) is 26.5 Å². The van der Waals surface area contributed by atoms with Gasteiger partial charge in [-0.2, -0.15) is 0 Å². The molecule has 0 bridgehead atoms. The van der Waals surface area contributed by atoms with Gasteiger partial charge in [-0.1, -0.05) is 64.5 Å². The van der Waals surface area contributed by atoms with Gasteiger partial charge in [-0.15, -0.1) is 0 Å². The Morgan fingerprint density at radius 2 is 1.70 bits per heavy atom. The van der Waals surface area contributed by atoms with Gasteiger partial charge in [0.2, 0.25) is 15.9 Å². The number of nitrogens with one attached hydrogen (secondary N) is 1. The van der Waals surface area contributed by atoms with Crippen LogP contribution in [0.3, 0.4) is 0 Å². The largest absolute Gasteiger partial charge is 0.325 e. The van der Waals surface area contributed by atoms with Gasteiger partial charge in [0.15, 0.2) is 0 Å². The number of hydrogen-bond acceptors (Lipinski definition) is 3. The van der Waals surface area contributed by atoms with Crippen molar-refractivity contribution in [3.05, 3.63) is 76.8 Å². The molecular weight excluding hydrogens is 464 g/mol. The third kappa shape index (κ3) is 4.74. The number of halogens is 1. The Labute approximate surface area is 185 Å². The van der Waals surface area contributed by atoms with Crippen LogP contribution in [-0.4, -0.2) is 31.7 Å². The quantitative estimate of drug-likeness (QED) is 0.563. The molecule has 0 saturated carbocycles. The Morgan fingerprint density at radius 1 is 1.00 bits per heavy atom. The molecule has 3 aromatic rings. The molecule has 0 radical (unpaired) electrons. The molecular formula is C23H23BrN2O3S. The molecule has 1 N–H and O–H groups in total. The van der Waals surface area contributed by atoms with E-state index in [-0.39, 0.29) is 17.6 Å². The first-order chi connectivity index (χ1) is 14.4. The van der Waals surface area contributed by atoms with Crippen molar-refractivity contribution in [2.45, 2.75) is 18.6 Å². The number of benzene rings is 3. The van der Waals surface area contributed by atoms with Crippen molar-refractivity contribution in [1.29, 1.82) is 0 Å². The zero-order valence-corrected chi connectivity index (χ0v) is 18.8. The summed E-state index contributed by atoms with van der Waals surface area (Å²) in [5, 5.41) is 5.12. The van der Waals surface area contributed by atoms with Gasteiger partial charge in [0.05, 0.1) is 5.75 Å². The number of fused-ring (bicyclic) bond motifs is 1. The number of amides is 1. The first kappa shape index (κ1) is 21.0. The van der Waals surface area contributed by atoms with E-state index < -0.39 is 10.0 Å². The summed E-state index contributed by atoms with van der Waals surface area (Å²) in [5.41, 5.74) is 1.54. The van der Waals surface area contributed by atoms with E-state index in [1.165, 1.54) is 4.31 Å². The predicted molar refractivity (Wildman–Crippen MR) is 124 cm³/mol. The minimum absolute atomic E-state index is 0.0285. The van der Waals surface area contributed by atoms with Crippen molar-refractivity contribution < 1.29 is 13.2 Å². The standard InChI is InChI=1S/C23H23BrN2O3S/c24-20-8-3-5-17(15-20)16-30(28,29)26-13-11-19(12-14-26)23(27)25-22-10-4-7-18-6-1-2-9-21(18)22/h1-10,15,19H,11-14,16H2,(H,25,27). The molecule has 156 valence electrons. The van der Waals surface area contributed by atoms with Crippen LogP contribution in [0.1, 0.15) is 18.4 Å². The number of piperidine rings is 1. The van der Waals surface area contributed by atoms with Crippen molar-refractivity contribution in [1.82, 2.24) is 4.31 Å². The van der Waals surface area contributed by atoms with Crippen molar-refractivity contribution in [2.24, 2.45) is 5.92 Å². The van der Waals surface area contributed by atoms with Gasteiger partial charge in [0.25, 0.3) is 0 Å². The number of rotatable bonds is 5. The van der Waals surface area contributed by atoms with Gasteiger partial charge < -0.3 is 5.32 Å². The fourth-order valence-corrected chi connectivity index (χ4v) is 5.89. The van der Waals surface area contributed by atoms with Crippen LogP contribution in [0.15, 0.2) is 71.2 Å². The van der Waals surface area contributed by atoms with E-state index in [4.69, 9.17) is 0 Å². The Kier molecular flexibility index (Phi) is 6.22. The summed E-state index contributed by atoms with van der Waals surface area (Å²) >= 11 is 3.38. The van der Waals surface area contributed by atoms with E-state index in [1.807, 2.05) is 66.7 Å². The third-order valence-electron chi connectivity index (χ3n) is 5.50. The SMILES string of the molecule is O=C(Nc1cccc2ccccc12)C1CCN(S(=O)(=O)Cc2cccc(Br)c2)CC1. The fraction of sp³-hybridized carbons (Fsp3) is 0.261. The number of sulfonamides is 1. The lowest BCUT2D eigenvalue weighted by Gasteiger charge is -2.30. The lowest BCUT2D eigenvalue weighted by atomic mass is 9.97. The van der Waals surface area contributed by atoms with Crippen LogP contribution in [0.5, 0.6) is 0 Å². The van der Waals surface area contributed by atoms with Crippen LogP contribution < -0.4 is 5.32 Å². The maximum absolute atomic E-state index is 12.8. The molecule has 7 heteroatoms. The van der Waals surface area contributed by atoms with Crippen molar-refractivity contribution >= 4 is 48.3 Å². The highest BCUT2D eigenvalue weighted by atomic mass is 79.9. The molecule has 0 aromatic heterocycles. The van der Waals surface area contributed by atoms with Gasteiger partial charge in [0, 0.05) is 34.6 Å². The van der Waals surface area contributed by atoms with Crippen molar-refractivity contribution in [2.75, 3.05) is 18.4 Å². The predicted octanol–water partition coefficient (Wildman–Crippen LogP) is 4.78. The first-order valence-electron chi connectivity index (χ1n) is 9.93. The van der Waals surface area contributed by atoms with E-state index >= 15 is 0 Å². The Hall–Kier alpha value is -2.22. The molecule has 1 aliphatic rings. The summed E-state index contributed by atoms with van der Waals surface area (Å²) in [6.45, 7) is 0.730. The second-order valence-electron chi connectivity index (χ2n) is 7.58. The summed E-state index contributed by atoms with van der Waals surface area (Å²) in [4.78, 5) is 12.8. The second-order valence-corrected chi connectivity index (χ2v) is 10.5. The Balaban J connectivity index is 1.38. The summed E-state index contributed by atoms with van der Waals surface area (Å²) < 4.78 is 28.0. The van der Waals surface area contributed by atoms with Crippen LogP contribution >= 0.6 is 15.9 Å². The van der Waals surface area contributed by atoms with Crippen molar-refractivity contribution in [3.63, 3.8) is 0 Å². The van der Waals surface area contributed by atoms with Crippen LogP contribution in [0.4, 0.5) is 5.69 Å². The minimum atomic E-state index is -3.41. The average Bonchev–Trinajstić information content (AvgIpc) is 2.74. The van der Waals surface area contributed by atoms with Crippen molar-refractivity contribution in [3.8, 4) is 0 Å². The highest BCUT2D eigenvalue weighted by Gasteiger charge is 2.31. The molecule has 1 fully saturated rings. The molecule has 1 saturated heterocycles. The van der Waals surface area contributed by atoms with E-state index in [2.05, 4.69) is 21.2 Å². The van der Waals surface area contributed by atoms with Gasteiger partial charge in [-0.3, -0.25) is 4.79 Å². The van der Waals surface area contributed by atoms with Gasteiger partial charge in [0.1, 0.15) is 0 Å². The maximum atomic E-state index is 12.8. The summed E-state index contributed by atoms with van der Waals surface area (Å²) in [5.74, 6) is -0.268. The zero-order chi connectivity index (χ0) is 21.1.